The molecule has 0 aliphatic carbocycles. The zero-order valence-corrected chi connectivity index (χ0v) is 5.49. The first-order chi connectivity index (χ1) is 4.95. The Labute approximate surface area is 59.3 Å². The standard InChI is InChI=1S/C8H8O2/c1-2-4-7(5-3-1)6-8-9-10-8/h1-5,8H,6H2. The molecule has 1 aromatic rings. The Kier molecular flexibility index (Phi) is 1.42. The Hall–Kier alpha value is -0.860. The van der Waals surface area contributed by atoms with E-state index in [-0.39, 0.29) is 6.29 Å². The van der Waals surface area contributed by atoms with Crippen LogP contribution >= 0.6 is 0 Å². The van der Waals surface area contributed by atoms with Crippen LogP contribution in [-0.4, -0.2) is 6.29 Å². The van der Waals surface area contributed by atoms with Gasteiger partial charge in [0.25, 0.3) is 0 Å². The molecule has 1 saturated heterocycles. The highest BCUT2D eigenvalue weighted by atomic mass is 17.4. The van der Waals surface area contributed by atoms with Crippen molar-refractivity contribution in [2.24, 2.45) is 0 Å². The number of hydrogen-bond donors (Lipinski definition) is 0. The third-order valence-corrected chi connectivity index (χ3v) is 1.48. The van der Waals surface area contributed by atoms with E-state index >= 15 is 0 Å². The Morgan fingerprint density at radius 2 is 1.80 bits per heavy atom. The van der Waals surface area contributed by atoms with E-state index in [0.29, 0.717) is 0 Å². The fraction of sp³-hybridized carbons (Fsp3) is 0.250. The average Bonchev–Trinajstić information content (AvgIpc) is 2.74. The van der Waals surface area contributed by atoms with Gasteiger partial charge in [-0.2, -0.15) is 9.78 Å². The van der Waals surface area contributed by atoms with E-state index in [0.717, 1.165) is 6.42 Å². The predicted octanol–water partition coefficient (Wildman–Crippen LogP) is 1.52. The molecule has 2 rings (SSSR count). The lowest BCUT2D eigenvalue weighted by Crippen LogP contribution is -1.90. The maximum atomic E-state index is 4.61. The lowest BCUT2D eigenvalue weighted by atomic mass is 10.2. The quantitative estimate of drug-likeness (QED) is 0.455. The molecule has 0 saturated carbocycles. The number of benzene rings is 1. The average molecular weight is 136 g/mol. The van der Waals surface area contributed by atoms with Gasteiger partial charge in [0, 0.05) is 6.42 Å². The normalized spacial score (nSPS) is 17.2. The van der Waals surface area contributed by atoms with Crippen molar-refractivity contribution in [1.82, 2.24) is 0 Å². The molecule has 1 aliphatic heterocycles. The molecular weight excluding hydrogens is 128 g/mol. The van der Waals surface area contributed by atoms with Crippen LogP contribution in [0.15, 0.2) is 30.3 Å². The minimum atomic E-state index is 0.0161. The second kappa shape index (κ2) is 2.40. The van der Waals surface area contributed by atoms with Gasteiger partial charge in [-0.1, -0.05) is 30.3 Å². The first kappa shape index (κ1) is 5.89. The van der Waals surface area contributed by atoms with Gasteiger partial charge in [-0.15, -0.1) is 0 Å². The molecule has 0 aromatic heterocycles. The third-order valence-electron chi connectivity index (χ3n) is 1.48. The molecule has 1 fully saturated rings. The van der Waals surface area contributed by atoms with E-state index in [1.807, 2.05) is 18.2 Å². The van der Waals surface area contributed by atoms with Crippen LogP contribution in [0.3, 0.4) is 0 Å². The van der Waals surface area contributed by atoms with Gasteiger partial charge >= 0.3 is 0 Å². The zero-order chi connectivity index (χ0) is 6.81. The molecule has 0 spiro atoms. The molecule has 52 valence electrons. The monoisotopic (exact) mass is 136 g/mol. The molecular formula is C8H8O2. The van der Waals surface area contributed by atoms with Crippen molar-refractivity contribution in [3.8, 4) is 0 Å². The molecule has 0 radical (unpaired) electrons. The van der Waals surface area contributed by atoms with E-state index in [1.54, 1.807) is 0 Å². The van der Waals surface area contributed by atoms with Gasteiger partial charge < -0.3 is 0 Å². The molecule has 0 amide bonds. The van der Waals surface area contributed by atoms with Gasteiger partial charge in [-0.25, -0.2) is 0 Å². The van der Waals surface area contributed by atoms with Crippen LogP contribution in [0.1, 0.15) is 5.56 Å². The van der Waals surface area contributed by atoms with E-state index < -0.39 is 0 Å². The molecule has 1 heterocycles. The van der Waals surface area contributed by atoms with E-state index in [4.69, 9.17) is 0 Å². The molecule has 2 nitrogen and oxygen atoms in total. The molecule has 1 aliphatic rings. The summed E-state index contributed by atoms with van der Waals surface area (Å²) in [4.78, 5) is 9.22. The van der Waals surface area contributed by atoms with Gasteiger partial charge in [-0.05, 0) is 5.56 Å². The second-order valence-electron chi connectivity index (χ2n) is 2.31. The maximum Gasteiger partial charge on any atom is 0.228 e. The molecule has 1 aromatic carbocycles. The minimum Gasteiger partial charge on any atom is -0.198 e. The number of hydrogen-bond acceptors (Lipinski definition) is 2. The first-order valence-corrected chi connectivity index (χ1v) is 3.31. The Balaban J connectivity index is 2.03. The van der Waals surface area contributed by atoms with Crippen molar-refractivity contribution in [3.63, 3.8) is 0 Å². The lowest BCUT2D eigenvalue weighted by Gasteiger charge is -1.91. The van der Waals surface area contributed by atoms with Crippen molar-refractivity contribution in [2.75, 3.05) is 0 Å². The highest BCUT2D eigenvalue weighted by molar-refractivity contribution is 5.15. The summed E-state index contributed by atoms with van der Waals surface area (Å²) in [5, 5.41) is 0. The van der Waals surface area contributed by atoms with Crippen LogP contribution in [0.25, 0.3) is 0 Å². The summed E-state index contributed by atoms with van der Waals surface area (Å²) in [6.45, 7) is 0. The topological polar surface area (TPSA) is 25.1 Å². The van der Waals surface area contributed by atoms with Crippen LogP contribution in [-0.2, 0) is 16.2 Å². The molecule has 0 unspecified atom stereocenters. The SMILES string of the molecule is c1ccc(CC2OO2)cc1. The highest BCUT2D eigenvalue weighted by Crippen LogP contribution is 2.17. The fourth-order valence-electron chi connectivity index (χ4n) is 0.914. The lowest BCUT2D eigenvalue weighted by molar-refractivity contribution is 0.0850. The van der Waals surface area contributed by atoms with Crippen molar-refractivity contribution in [1.29, 1.82) is 0 Å². The van der Waals surface area contributed by atoms with Gasteiger partial charge in [0.2, 0.25) is 6.29 Å². The van der Waals surface area contributed by atoms with Crippen LogP contribution in [0.5, 0.6) is 0 Å². The van der Waals surface area contributed by atoms with E-state index in [1.165, 1.54) is 5.56 Å². The number of rotatable bonds is 2. The van der Waals surface area contributed by atoms with Crippen molar-refractivity contribution < 1.29 is 9.78 Å². The van der Waals surface area contributed by atoms with Crippen LogP contribution in [0.2, 0.25) is 0 Å². The third kappa shape index (κ3) is 1.35. The largest absolute Gasteiger partial charge is 0.228 e. The molecule has 0 N–H and O–H groups in total. The summed E-state index contributed by atoms with van der Waals surface area (Å²) in [6, 6.07) is 10.1. The summed E-state index contributed by atoms with van der Waals surface area (Å²) in [6.07, 6.45) is 0.878. The summed E-state index contributed by atoms with van der Waals surface area (Å²) < 4.78 is 0. The van der Waals surface area contributed by atoms with E-state index in [9.17, 15) is 0 Å². The summed E-state index contributed by atoms with van der Waals surface area (Å²) in [5.74, 6) is 0. The second-order valence-corrected chi connectivity index (χ2v) is 2.31. The predicted molar refractivity (Wildman–Crippen MR) is 36.1 cm³/mol. The Bertz CT molecular complexity index is 204. The molecule has 0 bridgehead atoms. The van der Waals surface area contributed by atoms with Crippen LogP contribution in [0, 0.1) is 0 Å². The van der Waals surface area contributed by atoms with E-state index in [2.05, 4.69) is 21.9 Å². The molecule has 10 heavy (non-hydrogen) atoms. The smallest absolute Gasteiger partial charge is 0.198 e. The zero-order valence-electron chi connectivity index (χ0n) is 5.49. The summed E-state index contributed by atoms with van der Waals surface area (Å²) in [5.41, 5.74) is 1.25. The molecule has 0 atom stereocenters. The highest BCUT2D eigenvalue weighted by Gasteiger charge is 2.25. The van der Waals surface area contributed by atoms with Crippen LogP contribution < -0.4 is 0 Å². The summed E-state index contributed by atoms with van der Waals surface area (Å²) >= 11 is 0. The van der Waals surface area contributed by atoms with Crippen LogP contribution in [0.4, 0.5) is 0 Å². The first-order valence-electron chi connectivity index (χ1n) is 3.31. The summed E-state index contributed by atoms with van der Waals surface area (Å²) in [7, 11) is 0. The fourth-order valence-corrected chi connectivity index (χ4v) is 0.914. The Morgan fingerprint density at radius 3 is 2.40 bits per heavy atom. The van der Waals surface area contributed by atoms with Gasteiger partial charge in [0.05, 0.1) is 0 Å². The molecule has 2 heteroatoms. The van der Waals surface area contributed by atoms with Crippen molar-refractivity contribution in [3.05, 3.63) is 35.9 Å². The van der Waals surface area contributed by atoms with Crippen molar-refractivity contribution in [2.45, 2.75) is 12.7 Å². The minimum absolute atomic E-state index is 0.0161. The van der Waals surface area contributed by atoms with Gasteiger partial charge in [0.1, 0.15) is 0 Å². The maximum absolute atomic E-state index is 4.61. The van der Waals surface area contributed by atoms with Crippen molar-refractivity contribution >= 4 is 0 Å². The van der Waals surface area contributed by atoms with Gasteiger partial charge in [0.15, 0.2) is 0 Å². The Morgan fingerprint density at radius 1 is 1.10 bits per heavy atom. The van der Waals surface area contributed by atoms with Gasteiger partial charge in [-0.3, -0.25) is 0 Å².